The van der Waals surface area contributed by atoms with E-state index in [0.29, 0.717) is 39.1 Å². The van der Waals surface area contributed by atoms with Crippen molar-refractivity contribution in [2.75, 3.05) is 59.3 Å². The van der Waals surface area contributed by atoms with E-state index in [2.05, 4.69) is 0 Å². The third kappa shape index (κ3) is 12.4. The Labute approximate surface area is 191 Å². The van der Waals surface area contributed by atoms with Crippen LogP contribution in [0.4, 0.5) is 0 Å². The highest BCUT2D eigenvalue weighted by molar-refractivity contribution is 4.69. The summed E-state index contributed by atoms with van der Waals surface area (Å²) in [6.45, 7) is 11.2. The molecule has 0 aliphatic carbocycles. The van der Waals surface area contributed by atoms with Crippen molar-refractivity contribution >= 4 is 0 Å². The molecule has 11 heteroatoms. The number of rotatable bonds is 10. The summed E-state index contributed by atoms with van der Waals surface area (Å²) >= 11 is 0. The maximum absolute atomic E-state index is 10.0. The zero-order valence-electron chi connectivity index (χ0n) is 20.0. The van der Waals surface area contributed by atoms with Crippen LogP contribution in [0.3, 0.4) is 0 Å². The van der Waals surface area contributed by atoms with Gasteiger partial charge in [-0.05, 0) is 46.7 Å². The van der Waals surface area contributed by atoms with Crippen LogP contribution in [-0.2, 0) is 28.4 Å². The number of hydrogen-bond acceptors (Lipinski definition) is 10. The van der Waals surface area contributed by atoms with E-state index in [-0.39, 0.29) is 23.0 Å². The van der Waals surface area contributed by atoms with Gasteiger partial charge in [0.15, 0.2) is 17.4 Å². The predicted octanol–water partition coefficient (Wildman–Crippen LogP) is 1.78. The second-order valence-electron chi connectivity index (χ2n) is 8.44. The first-order valence-electron chi connectivity index (χ1n) is 11.5. The average molecular weight is 466 g/mol. The molecule has 11 nitrogen and oxygen atoms in total. The average Bonchev–Trinajstić information content (AvgIpc) is 3.49. The van der Waals surface area contributed by atoms with E-state index >= 15 is 0 Å². The SMILES string of the molecule is CC1(CCCN)OCCO1.CC1(CCCN)OCCO1.CC1(CCC[N+](=O)[O-])OCCO1. The minimum atomic E-state index is -0.573. The molecule has 0 aromatic rings. The molecular weight excluding hydrogens is 422 g/mol. The standard InChI is InChI=1S/C7H13NO4.2C7H15NO2/c1-7(11-5-6-12-7)3-2-4-8(9)10;2*1-7(3-2-4-8)9-5-6-10-7/h2-6H2,1H3;2*2-6,8H2,1H3. The molecule has 190 valence electrons. The Kier molecular flexibility index (Phi) is 13.7. The van der Waals surface area contributed by atoms with E-state index in [0.717, 1.165) is 52.1 Å². The van der Waals surface area contributed by atoms with E-state index in [1.165, 1.54) is 0 Å². The number of hydrogen-bond donors (Lipinski definition) is 2. The van der Waals surface area contributed by atoms with Gasteiger partial charge >= 0.3 is 0 Å². The van der Waals surface area contributed by atoms with Crippen molar-refractivity contribution in [3.63, 3.8) is 0 Å². The van der Waals surface area contributed by atoms with Gasteiger partial charge in [0.1, 0.15) is 0 Å². The Balaban J connectivity index is 0.000000241. The third-order valence-electron chi connectivity index (χ3n) is 5.34. The molecule has 0 aromatic heterocycles. The van der Waals surface area contributed by atoms with Crippen molar-refractivity contribution < 1.29 is 33.3 Å². The van der Waals surface area contributed by atoms with Gasteiger partial charge in [0, 0.05) is 30.6 Å². The van der Waals surface area contributed by atoms with Gasteiger partial charge in [0.05, 0.1) is 39.6 Å². The summed E-state index contributed by atoms with van der Waals surface area (Å²) < 4.78 is 32.0. The van der Waals surface area contributed by atoms with Crippen molar-refractivity contribution in [3.05, 3.63) is 10.1 Å². The summed E-state index contributed by atoms with van der Waals surface area (Å²) in [7, 11) is 0. The lowest BCUT2D eigenvalue weighted by Gasteiger charge is -2.21. The molecule has 0 radical (unpaired) electrons. The molecule has 0 atom stereocenters. The molecule has 0 amide bonds. The second kappa shape index (κ2) is 15.1. The van der Waals surface area contributed by atoms with E-state index < -0.39 is 5.79 Å². The Morgan fingerprint density at radius 2 is 0.938 bits per heavy atom. The fourth-order valence-corrected chi connectivity index (χ4v) is 3.48. The van der Waals surface area contributed by atoms with Crippen molar-refractivity contribution in [2.45, 2.75) is 76.7 Å². The lowest BCUT2D eigenvalue weighted by molar-refractivity contribution is -0.481. The predicted molar refractivity (Wildman–Crippen MR) is 119 cm³/mol. The molecule has 0 bridgehead atoms. The van der Waals surface area contributed by atoms with Gasteiger partial charge in [-0.2, -0.15) is 0 Å². The lowest BCUT2D eigenvalue weighted by Crippen LogP contribution is -2.26. The van der Waals surface area contributed by atoms with Crippen molar-refractivity contribution in [3.8, 4) is 0 Å². The van der Waals surface area contributed by atoms with Gasteiger partial charge in [-0.25, -0.2) is 0 Å². The molecule has 0 aromatic carbocycles. The Morgan fingerprint density at radius 1 is 0.656 bits per heavy atom. The molecule has 0 unspecified atom stereocenters. The zero-order chi connectivity index (χ0) is 23.9. The quantitative estimate of drug-likeness (QED) is 0.361. The van der Waals surface area contributed by atoms with Crippen LogP contribution in [0.15, 0.2) is 0 Å². The molecule has 4 N–H and O–H groups in total. The molecule has 3 fully saturated rings. The summed E-state index contributed by atoms with van der Waals surface area (Å²) in [6.07, 6.45) is 4.84. The minimum Gasteiger partial charge on any atom is -0.348 e. The highest BCUT2D eigenvalue weighted by atomic mass is 16.7. The zero-order valence-corrected chi connectivity index (χ0v) is 20.0. The van der Waals surface area contributed by atoms with Crippen LogP contribution < -0.4 is 11.5 Å². The number of nitro groups is 1. The molecule has 0 saturated carbocycles. The molecule has 0 spiro atoms. The minimum absolute atomic E-state index is 0.0116. The van der Waals surface area contributed by atoms with Gasteiger partial charge in [0.25, 0.3) is 0 Å². The molecular formula is C21H43N3O8. The van der Waals surface area contributed by atoms with Crippen LogP contribution >= 0.6 is 0 Å². The summed E-state index contributed by atoms with van der Waals surface area (Å²) in [5.41, 5.74) is 10.7. The van der Waals surface area contributed by atoms with Gasteiger partial charge in [-0.3, -0.25) is 10.1 Å². The normalized spacial score (nSPS) is 22.5. The van der Waals surface area contributed by atoms with Gasteiger partial charge in [-0.1, -0.05) is 0 Å². The van der Waals surface area contributed by atoms with E-state index in [9.17, 15) is 10.1 Å². The molecule has 3 heterocycles. The smallest absolute Gasteiger partial charge is 0.204 e. The third-order valence-corrected chi connectivity index (χ3v) is 5.34. The highest BCUT2D eigenvalue weighted by Gasteiger charge is 2.31. The first-order valence-corrected chi connectivity index (χ1v) is 11.5. The van der Waals surface area contributed by atoms with E-state index in [1.54, 1.807) is 0 Å². The van der Waals surface area contributed by atoms with Crippen LogP contribution in [0.25, 0.3) is 0 Å². The van der Waals surface area contributed by atoms with Gasteiger partial charge in [-0.15, -0.1) is 0 Å². The fourth-order valence-electron chi connectivity index (χ4n) is 3.48. The Hall–Kier alpha value is -0.920. The number of nitrogens with two attached hydrogens (primary N) is 2. The first-order chi connectivity index (χ1) is 15.2. The summed E-state index contributed by atoms with van der Waals surface area (Å²) in [5.74, 6) is -1.24. The second-order valence-corrected chi connectivity index (χ2v) is 8.44. The van der Waals surface area contributed by atoms with Crippen LogP contribution in [0.1, 0.15) is 59.3 Å². The lowest BCUT2D eigenvalue weighted by atomic mass is 10.2. The maximum Gasteiger partial charge on any atom is 0.204 e. The van der Waals surface area contributed by atoms with Crippen LogP contribution in [0.5, 0.6) is 0 Å². The summed E-state index contributed by atoms with van der Waals surface area (Å²) in [5, 5.41) is 10.0. The van der Waals surface area contributed by atoms with E-state index in [1.807, 2.05) is 20.8 Å². The Bertz CT molecular complexity index is 479. The molecule has 3 saturated heterocycles. The first kappa shape index (κ1) is 29.1. The monoisotopic (exact) mass is 465 g/mol. The Morgan fingerprint density at radius 3 is 1.19 bits per heavy atom. The fraction of sp³-hybridized carbons (Fsp3) is 1.00. The van der Waals surface area contributed by atoms with Crippen molar-refractivity contribution in [1.29, 1.82) is 0 Å². The molecule has 3 aliphatic rings. The molecule has 3 aliphatic heterocycles. The van der Waals surface area contributed by atoms with Crippen LogP contribution in [0.2, 0.25) is 0 Å². The molecule has 3 rings (SSSR count). The van der Waals surface area contributed by atoms with Crippen LogP contribution in [0, 0.1) is 10.1 Å². The number of nitrogens with zero attached hydrogens (tertiary/aromatic N) is 1. The maximum atomic E-state index is 10.0. The summed E-state index contributed by atoms with van der Waals surface area (Å²) in [6, 6.07) is 0. The largest absolute Gasteiger partial charge is 0.348 e. The molecule has 32 heavy (non-hydrogen) atoms. The summed E-state index contributed by atoms with van der Waals surface area (Å²) in [4.78, 5) is 9.68. The van der Waals surface area contributed by atoms with Crippen molar-refractivity contribution in [1.82, 2.24) is 0 Å². The highest BCUT2D eigenvalue weighted by Crippen LogP contribution is 2.24. The van der Waals surface area contributed by atoms with E-state index in [4.69, 9.17) is 39.9 Å². The van der Waals surface area contributed by atoms with Crippen LogP contribution in [-0.4, -0.2) is 81.6 Å². The number of ether oxygens (including phenoxy) is 6. The van der Waals surface area contributed by atoms with Gasteiger partial charge < -0.3 is 39.9 Å². The van der Waals surface area contributed by atoms with Gasteiger partial charge in [0.2, 0.25) is 6.54 Å². The van der Waals surface area contributed by atoms with Crippen molar-refractivity contribution in [2.24, 2.45) is 11.5 Å². The topological polar surface area (TPSA) is 151 Å².